The van der Waals surface area contributed by atoms with Crippen molar-refractivity contribution in [3.8, 4) is 11.4 Å². The van der Waals surface area contributed by atoms with Crippen molar-refractivity contribution in [1.29, 1.82) is 0 Å². The summed E-state index contributed by atoms with van der Waals surface area (Å²) in [7, 11) is 0. The standard InChI is InChI=1S/C12H10N2O2/c1-8-3-2-4-9(5-8)11-13-6-10(7-14-11)12(15)16/h2-7H,1H3,(H,15,16). The third-order valence-corrected chi connectivity index (χ3v) is 2.18. The van der Waals surface area contributed by atoms with Crippen molar-refractivity contribution in [3.05, 3.63) is 47.8 Å². The number of hydrogen-bond donors (Lipinski definition) is 1. The molecular formula is C12H10N2O2. The van der Waals surface area contributed by atoms with Crippen molar-refractivity contribution in [2.75, 3.05) is 0 Å². The molecule has 0 radical (unpaired) electrons. The molecule has 0 aliphatic rings. The second-order valence-corrected chi connectivity index (χ2v) is 3.47. The largest absolute Gasteiger partial charge is 0.478 e. The van der Waals surface area contributed by atoms with Crippen molar-refractivity contribution in [2.45, 2.75) is 6.92 Å². The summed E-state index contributed by atoms with van der Waals surface area (Å²) in [6.45, 7) is 1.98. The summed E-state index contributed by atoms with van der Waals surface area (Å²) in [6.07, 6.45) is 2.62. The van der Waals surface area contributed by atoms with E-state index in [4.69, 9.17) is 5.11 Å². The van der Waals surface area contributed by atoms with Gasteiger partial charge in [0.1, 0.15) is 0 Å². The number of carbonyl (C=O) groups is 1. The van der Waals surface area contributed by atoms with Crippen molar-refractivity contribution < 1.29 is 9.90 Å². The molecule has 0 saturated carbocycles. The summed E-state index contributed by atoms with van der Waals surface area (Å²) in [4.78, 5) is 18.7. The molecule has 16 heavy (non-hydrogen) atoms. The summed E-state index contributed by atoms with van der Waals surface area (Å²) in [5.74, 6) is -0.482. The Labute approximate surface area is 92.6 Å². The van der Waals surface area contributed by atoms with E-state index in [0.717, 1.165) is 11.1 Å². The van der Waals surface area contributed by atoms with Gasteiger partial charge in [-0.3, -0.25) is 0 Å². The lowest BCUT2D eigenvalue weighted by molar-refractivity contribution is 0.0696. The Morgan fingerprint density at radius 3 is 2.50 bits per heavy atom. The second-order valence-electron chi connectivity index (χ2n) is 3.47. The van der Waals surface area contributed by atoms with Crippen LogP contribution in [0.4, 0.5) is 0 Å². The van der Waals surface area contributed by atoms with Gasteiger partial charge in [-0.2, -0.15) is 0 Å². The zero-order valence-corrected chi connectivity index (χ0v) is 8.71. The highest BCUT2D eigenvalue weighted by molar-refractivity contribution is 5.86. The lowest BCUT2D eigenvalue weighted by Crippen LogP contribution is -1.99. The summed E-state index contributed by atoms with van der Waals surface area (Å²) in [5.41, 5.74) is 2.09. The Morgan fingerprint density at radius 1 is 1.25 bits per heavy atom. The first kappa shape index (κ1) is 10.3. The van der Waals surface area contributed by atoms with Crippen LogP contribution in [-0.4, -0.2) is 21.0 Å². The fourth-order valence-electron chi connectivity index (χ4n) is 1.37. The molecule has 2 aromatic rings. The fourth-order valence-corrected chi connectivity index (χ4v) is 1.37. The van der Waals surface area contributed by atoms with Crippen LogP contribution in [0.1, 0.15) is 15.9 Å². The smallest absolute Gasteiger partial charge is 0.338 e. The third-order valence-electron chi connectivity index (χ3n) is 2.18. The number of carboxylic acid groups (broad SMARTS) is 1. The summed E-state index contributed by atoms with van der Waals surface area (Å²) < 4.78 is 0. The molecule has 0 atom stereocenters. The third kappa shape index (κ3) is 2.06. The lowest BCUT2D eigenvalue weighted by Gasteiger charge is -2.01. The van der Waals surface area contributed by atoms with Gasteiger partial charge in [0.2, 0.25) is 0 Å². The van der Waals surface area contributed by atoms with Gasteiger partial charge in [0.25, 0.3) is 0 Å². The van der Waals surface area contributed by atoms with Crippen LogP contribution in [0.25, 0.3) is 11.4 Å². The van der Waals surface area contributed by atoms with Crippen LogP contribution in [-0.2, 0) is 0 Å². The van der Waals surface area contributed by atoms with Crippen molar-refractivity contribution in [3.63, 3.8) is 0 Å². The molecule has 0 saturated heterocycles. The zero-order valence-electron chi connectivity index (χ0n) is 8.71. The van der Waals surface area contributed by atoms with Gasteiger partial charge in [-0.05, 0) is 13.0 Å². The Bertz CT molecular complexity index is 521. The first-order chi connectivity index (χ1) is 7.66. The molecule has 0 aliphatic heterocycles. The van der Waals surface area contributed by atoms with E-state index in [-0.39, 0.29) is 5.56 Å². The van der Waals surface area contributed by atoms with Gasteiger partial charge in [-0.1, -0.05) is 23.8 Å². The first-order valence-corrected chi connectivity index (χ1v) is 4.79. The molecule has 0 unspecified atom stereocenters. The van der Waals surface area contributed by atoms with Crippen molar-refractivity contribution in [2.24, 2.45) is 0 Å². The predicted octanol–water partition coefficient (Wildman–Crippen LogP) is 2.15. The highest BCUT2D eigenvalue weighted by Gasteiger charge is 2.05. The average molecular weight is 214 g/mol. The van der Waals surface area contributed by atoms with Crippen molar-refractivity contribution in [1.82, 2.24) is 9.97 Å². The minimum absolute atomic E-state index is 0.0939. The highest BCUT2D eigenvalue weighted by Crippen LogP contribution is 2.15. The molecular weight excluding hydrogens is 204 g/mol. The van der Waals surface area contributed by atoms with Gasteiger partial charge in [0.15, 0.2) is 5.82 Å². The molecule has 0 aliphatic carbocycles. The number of aromatic carboxylic acids is 1. The molecule has 1 aromatic carbocycles. The van der Waals surface area contributed by atoms with E-state index in [2.05, 4.69) is 9.97 Å². The molecule has 0 amide bonds. The van der Waals surface area contributed by atoms with E-state index in [1.54, 1.807) is 0 Å². The average Bonchev–Trinajstić information content (AvgIpc) is 2.29. The molecule has 1 aromatic heterocycles. The van der Waals surface area contributed by atoms with Crippen LogP contribution in [0.3, 0.4) is 0 Å². The normalized spacial score (nSPS) is 10.1. The van der Waals surface area contributed by atoms with Gasteiger partial charge in [-0.25, -0.2) is 14.8 Å². The minimum atomic E-state index is -1.02. The van der Waals surface area contributed by atoms with Gasteiger partial charge in [-0.15, -0.1) is 0 Å². The molecule has 4 nitrogen and oxygen atoms in total. The molecule has 4 heteroatoms. The van der Waals surface area contributed by atoms with E-state index in [1.807, 2.05) is 31.2 Å². The minimum Gasteiger partial charge on any atom is -0.478 e. The second kappa shape index (κ2) is 4.10. The molecule has 0 bridgehead atoms. The predicted molar refractivity (Wildman–Crippen MR) is 59.2 cm³/mol. The van der Waals surface area contributed by atoms with Crippen LogP contribution in [0.2, 0.25) is 0 Å². The molecule has 1 heterocycles. The maximum Gasteiger partial charge on any atom is 0.338 e. The first-order valence-electron chi connectivity index (χ1n) is 4.79. The van der Waals surface area contributed by atoms with E-state index in [9.17, 15) is 4.79 Å². The monoisotopic (exact) mass is 214 g/mol. The SMILES string of the molecule is Cc1cccc(-c2ncc(C(=O)O)cn2)c1. The molecule has 0 fully saturated rings. The maximum atomic E-state index is 10.6. The summed E-state index contributed by atoms with van der Waals surface area (Å²) in [5, 5.41) is 8.71. The molecule has 1 N–H and O–H groups in total. The van der Waals surface area contributed by atoms with Gasteiger partial charge in [0.05, 0.1) is 5.56 Å². The van der Waals surface area contributed by atoms with Gasteiger partial charge >= 0.3 is 5.97 Å². The fraction of sp³-hybridized carbons (Fsp3) is 0.0833. The summed E-state index contributed by atoms with van der Waals surface area (Å²) >= 11 is 0. The van der Waals surface area contributed by atoms with E-state index >= 15 is 0 Å². The van der Waals surface area contributed by atoms with Crippen LogP contribution in [0, 0.1) is 6.92 Å². The van der Waals surface area contributed by atoms with Gasteiger partial charge in [0, 0.05) is 18.0 Å². The number of rotatable bonds is 2. The van der Waals surface area contributed by atoms with Crippen molar-refractivity contribution >= 4 is 5.97 Å². The Balaban J connectivity index is 2.38. The molecule has 0 spiro atoms. The zero-order chi connectivity index (χ0) is 11.5. The van der Waals surface area contributed by atoms with E-state index < -0.39 is 5.97 Å². The Kier molecular flexibility index (Phi) is 2.64. The van der Waals surface area contributed by atoms with Crippen LogP contribution in [0.5, 0.6) is 0 Å². The van der Waals surface area contributed by atoms with Crippen LogP contribution >= 0.6 is 0 Å². The number of aryl methyl sites for hydroxylation is 1. The Hall–Kier alpha value is -2.23. The number of benzene rings is 1. The van der Waals surface area contributed by atoms with E-state index in [0.29, 0.717) is 5.82 Å². The number of hydrogen-bond acceptors (Lipinski definition) is 3. The Morgan fingerprint density at radius 2 is 1.94 bits per heavy atom. The number of aromatic nitrogens is 2. The van der Waals surface area contributed by atoms with Gasteiger partial charge < -0.3 is 5.11 Å². The number of nitrogens with zero attached hydrogens (tertiary/aromatic N) is 2. The quantitative estimate of drug-likeness (QED) is 0.831. The topological polar surface area (TPSA) is 63.1 Å². The van der Waals surface area contributed by atoms with E-state index in [1.165, 1.54) is 12.4 Å². The highest BCUT2D eigenvalue weighted by atomic mass is 16.4. The van der Waals surface area contributed by atoms with Crippen LogP contribution < -0.4 is 0 Å². The lowest BCUT2D eigenvalue weighted by atomic mass is 10.1. The van der Waals surface area contributed by atoms with Crippen LogP contribution in [0.15, 0.2) is 36.7 Å². The molecule has 2 rings (SSSR count). The number of carboxylic acids is 1. The molecule has 80 valence electrons. The summed E-state index contributed by atoms with van der Waals surface area (Å²) in [6, 6.07) is 7.74. The maximum absolute atomic E-state index is 10.6.